The van der Waals surface area contributed by atoms with Gasteiger partial charge in [-0.2, -0.15) is 0 Å². The molecule has 2 rings (SSSR count). The highest BCUT2D eigenvalue weighted by Gasteiger charge is 2.44. The highest BCUT2D eigenvalue weighted by Crippen LogP contribution is 2.37. The first kappa shape index (κ1) is 13.9. The molecular formula is C15H28N2O. The Hall–Kier alpha value is -0.570. The van der Waals surface area contributed by atoms with Crippen LogP contribution in [0.1, 0.15) is 59.8 Å². The molecule has 1 saturated heterocycles. The lowest BCUT2D eigenvalue weighted by Gasteiger charge is -2.31. The zero-order chi connectivity index (χ0) is 13.3. The fourth-order valence-electron chi connectivity index (χ4n) is 3.13. The molecule has 1 heterocycles. The lowest BCUT2D eigenvalue weighted by Crippen LogP contribution is -2.44. The number of hydrogen-bond donors (Lipinski definition) is 1. The largest absolute Gasteiger partial charge is 0.323 e. The van der Waals surface area contributed by atoms with Crippen LogP contribution in [0.25, 0.3) is 0 Å². The number of nitrogens with zero attached hydrogens (tertiary/aromatic N) is 1. The summed E-state index contributed by atoms with van der Waals surface area (Å²) in [5.41, 5.74) is 0. The van der Waals surface area contributed by atoms with Crippen LogP contribution in [0, 0.1) is 11.8 Å². The second-order valence-electron chi connectivity index (χ2n) is 6.48. The molecule has 3 heteroatoms. The highest BCUT2D eigenvalue weighted by atomic mass is 16.2. The van der Waals surface area contributed by atoms with Gasteiger partial charge in [0, 0.05) is 6.04 Å². The second-order valence-corrected chi connectivity index (χ2v) is 6.48. The van der Waals surface area contributed by atoms with Gasteiger partial charge in [-0.25, -0.2) is 0 Å². The molecule has 3 unspecified atom stereocenters. The van der Waals surface area contributed by atoms with Crippen molar-refractivity contribution in [3.8, 4) is 0 Å². The predicted molar refractivity (Wildman–Crippen MR) is 74.1 cm³/mol. The summed E-state index contributed by atoms with van der Waals surface area (Å²) in [7, 11) is 0. The van der Waals surface area contributed by atoms with Gasteiger partial charge in [0.15, 0.2) is 0 Å². The molecule has 104 valence electrons. The fraction of sp³-hybridized carbons (Fsp3) is 0.933. The Kier molecular flexibility index (Phi) is 4.31. The number of amides is 1. The van der Waals surface area contributed by atoms with Crippen molar-refractivity contribution in [1.29, 1.82) is 0 Å². The maximum Gasteiger partial charge on any atom is 0.241 e. The van der Waals surface area contributed by atoms with E-state index in [-0.39, 0.29) is 12.2 Å². The van der Waals surface area contributed by atoms with E-state index in [9.17, 15) is 4.79 Å². The molecule has 1 aliphatic carbocycles. The summed E-state index contributed by atoms with van der Waals surface area (Å²) in [6.07, 6.45) is 5.99. The summed E-state index contributed by atoms with van der Waals surface area (Å²) in [6, 6.07) is 0.496. The first-order chi connectivity index (χ1) is 8.54. The van der Waals surface area contributed by atoms with Gasteiger partial charge in [0.25, 0.3) is 0 Å². The minimum absolute atomic E-state index is 0.0694. The van der Waals surface area contributed by atoms with Gasteiger partial charge in [-0.3, -0.25) is 10.1 Å². The summed E-state index contributed by atoms with van der Waals surface area (Å²) in [5.74, 6) is 1.73. The van der Waals surface area contributed by atoms with Crippen molar-refractivity contribution >= 4 is 5.91 Å². The van der Waals surface area contributed by atoms with E-state index in [4.69, 9.17) is 0 Å². The van der Waals surface area contributed by atoms with Crippen molar-refractivity contribution in [2.24, 2.45) is 11.8 Å². The van der Waals surface area contributed by atoms with E-state index in [0.29, 0.717) is 17.9 Å². The second kappa shape index (κ2) is 5.60. The van der Waals surface area contributed by atoms with E-state index in [0.717, 1.165) is 25.2 Å². The summed E-state index contributed by atoms with van der Waals surface area (Å²) in [4.78, 5) is 14.7. The molecular weight excluding hydrogens is 224 g/mol. The minimum Gasteiger partial charge on any atom is -0.323 e. The molecule has 0 spiro atoms. The number of hydrogen-bond acceptors (Lipinski definition) is 2. The SMILES string of the molecule is CCCC1NC(CC(C)C)N(C(C)C2CC2)C1=O. The normalized spacial score (nSPS) is 30.3. The quantitative estimate of drug-likeness (QED) is 0.788. The fourth-order valence-corrected chi connectivity index (χ4v) is 3.13. The maximum absolute atomic E-state index is 12.5. The van der Waals surface area contributed by atoms with E-state index in [1.54, 1.807) is 0 Å². The summed E-state index contributed by atoms with van der Waals surface area (Å²) < 4.78 is 0. The van der Waals surface area contributed by atoms with E-state index >= 15 is 0 Å². The Morgan fingerprint density at radius 1 is 1.33 bits per heavy atom. The van der Waals surface area contributed by atoms with Gasteiger partial charge in [0.1, 0.15) is 0 Å². The maximum atomic E-state index is 12.5. The Morgan fingerprint density at radius 3 is 2.50 bits per heavy atom. The van der Waals surface area contributed by atoms with Crippen LogP contribution in [0.15, 0.2) is 0 Å². The standard InChI is InChI=1S/C15H28N2O/c1-5-6-13-15(18)17(11(4)12-7-8-12)14(16-13)9-10(2)3/h10-14,16H,5-9H2,1-4H3. The van der Waals surface area contributed by atoms with Gasteiger partial charge in [-0.05, 0) is 44.4 Å². The van der Waals surface area contributed by atoms with E-state index in [2.05, 4.69) is 37.9 Å². The predicted octanol–water partition coefficient (Wildman–Crippen LogP) is 2.76. The molecule has 1 aliphatic heterocycles. The Balaban J connectivity index is 2.07. The van der Waals surface area contributed by atoms with E-state index in [1.165, 1.54) is 12.8 Å². The van der Waals surface area contributed by atoms with Gasteiger partial charge in [-0.15, -0.1) is 0 Å². The zero-order valence-corrected chi connectivity index (χ0v) is 12.3. The third-order valence-corrected chi connectivity index (χ3v) is 4.30. The third kappa shape index (κ3) is 2.87. The number of rotatable bonds is 6. The van der Waals surface area contributed by atoms with Gasteiger partial charge < -0.3 is 4.90 Å². The molecule has 1 N–H and O–H groups in total. The molecule has 0 aromatic carbocycles. The van der Waals surface area contributed by atoms with Crippen molar-refractivity contribution in [2.75, 3.05) is 0 Å². The lowest BCUT2D eigenvalue weighted by molar-refractivity contribution is -0.132. The van der Waals surface area contributed by atoms with Crippen LogP contribution in [0.2, 0.25) is 0 Å². The van der Waals surface area contributed by atoms with Crippen molar-refractivity contribution in [3.63, 3.8) is 0 Å². The molecule has 1 saturated carbocycles. The molecule has 1 amide bonds. The summed E-state index contributed by atoms with van der Waals surface area (Å²) in [5, 5.41) is 3.56. The Morgan fingerprint density at radius 2 is 2.00 bits per heavy atom. The molecule has 2 aliphatic rings. The van der Waals surface area contributed by atoms with Gasteiger partial charge in [-0.1, -0.05) is 27.2 Å². The number of nitrogens with one attached hydrogen (secondary N) is 1. The average Bonchev–Trinajstić information content (AvgIpc) is 3.07. The lowest BCUT2D eigenvalue weighted by atomic mass is 10.1. The molecule has 0 aromatic rings. The summed E-state index contributed by atoms with van der Waals surface area (Å²) in [6.45, 7) is 8.86. The van der Waals surface area contributed by atoms with Crippen LogP contribution in [0.3, 0.4) is 0 Å². The van der Waals surface area contributed by atoms with Crippen LogP contribution in [-0.2, 0) is 4.79 Å². The average molecular weight is 252 g/mol. The Labute approximate surface area is 111 Å². The van der Waals surface area contributed by atoms with Crippen LogP contribution >= 0.6 is 0 Å². The summed E-state index contributed by atoms with van der Waals surface area (Å²) >= 11 is 0. The third-order valence-electron chi connectivity index (χ3n) is 4.30. The smallest absolute Gasteiger partial charge is 0.241 e. The first-order valence-corrected chi connectivity index (χ1v) is 7.62. The molecule has 0 aromatic heterocycles. The van der Waals surface area contributed by atoms with E-state index in [1.807, 2.05) is 0 Å². The molecule has 0 radical (unpaired) electrons. The van der Waals surface area contributed by atoms with Gasteiger partial charge >= 0.3 is 0 Å². The minimum atomic E-state index is 0.0694. The van der Waals surface area contributed by atoms with Crippen LogP contribution in [-0.4, -0.2) is 29.1 Å². The molecule has 3 nitrogen and oxygen atoms in total. The van der Waals surface area contributed by atoms with Gasteiger partial charge in [0.2, 0.25) is 5.91 Å². The number of carbonyl (C=O) groups excluding carboxylic acids is 1. The van der Waals surface area contributed by atoms with Crippen molar-refractivity contribution in [1.82, 2.24) is 10.2 Å². The molecule has 0 bridgehead atoms. The van der Waals surface area contributed by atoms with Crippen LogP contribution in [0.5, 0.6) is 0 Å². The first-order valence-electron chi connectivity index (χ1n) is 7.62. The number of carbonyl (C=O) groups is 1. The molecule has 3 atom stereocenters. The van der Waals surface area contributed by atoms with Crippen LogP contribution in [0.4, 0.5) is 0 Å². The van der Waals surface area contributed by atoms with Crippen molar-refractivity contribution in [2.45, 2.75) is 78.0 Å². The van der Waals surface area contributed by atoms with Crippen molar-refractivity contribution < 1.29 is 4.79 Å². The van der Waals surface area contributed by atoms with Crippen molar-refractivity contribution in [3.05, 3.63) is 0 Å². The van der Waals surface area contributed by atoms with Crippen LogP contribution < -0.4 is 5.32 Å². The van der Waals surface area contributed by atoms with E-state index < -0.39 is 0 Å². The Bertz CT molecular complexity index is 299. The molecule has 18 heavy (non-hydrogen) atoms. The topological polar surface area (TPSA) is 32.3 Å². The van der Waals surface area contributed by atoms with Gasteiger partial charge in [0.05, 0.1) is 12.2 Å². The highest BCUT2D eigenvalue weighted by molar-refractivity contribution is 5.84. The molecule has 2 fully saturated rings. The zero-order valence-electron chi connectivity index (χ0n) is 12.3. The monoisotopic (exact) mass is 252 g/mol.